The van der Waals surface area contributed by atoms with E-state index in [1.54, 1.807) is 0 Å². The van der Waals surface area contributed by atoms with Gasteiger partial charge in [-0.1, -0.05) is 188 Å². The Balaban J connectivity index is 1.09. The van der Waals surface area contributed by atoms with E-state index in [0.717, 1.165) is 117 Å². The van der Waals surface area contributed by atoms with E-state index in [4.69, 9.17) is 9.47 Å². The zero-order valence-corrected chi connectivity index (χ0v) is 36.5. The van der Waals surface area contributed by atoms with E-state index in [1.807, 2.05) is 6.07 Å². The summed E-state index contributed by atoms with van der Waals surface area (Å²) in [4.78, 5) is 4.79. The lowest BCUT2D eigenvalue weighted by molar-refractivity contribution is 0.465. The second-order valence-electron chi connectivity index (χ2n) is 17.1. The molecule has 0 radical (unpaired) electrons. The van der Waals surface area contributed by atoms with Gasteiger partial charge in [-0.15, -0.1) is 0 Å². The first-order valence-corrected chi connectivity index (χ1v) is 22.9. The Morgan fingerprint density at radius 2 is 0.642 bits per heavy atom. The fourth-order valence-corrected chi connectivity index (χ4v) is 10.5. The Hall–Kier alpha value is -8.80. The number of ether oxygens (including phenoxy) is 2. The standard InChI is InChI=1S/C62H41BN2O2/c1-5-22-42(23-6-1)46-30-17-19-36-52(46)65(53-37-20-18-31-47(53)43-24-7-2-8-25-43)55-41-59-61(51-35-16-14-33-49(51)55)63-60-50-34-15-13-32-48(50)54(40-58(60)66-56-38-21-39-57(67-59)62(56)63)64(44-26-9-3-10-27-44)45-28-11-4-12-29-45/h1-41H. The van der Waals surface area contributed by atoms with Gasteiger partial charge in [-0.3, -0.25) is 0 Å². The van der Waals surface area contributed by atoms with Crippen LogP contribution >= 0.6 is 0 Å². The first kappa shape index (κ1) is 38.6. The number of para-hydroxylation sites is 4. The van der Waals surface area contributed by atoms with Gasteiger partial charge in [-0.05, 0) is 81.4 Å². The lowest BCUT2D eigenvalue weighted by Crippen LogP contribution is -2.58. The highest BCUT2D eigenvalue weighted by atomic mass is 16.5. The van der Waals surface area contributed by atoms with Gasteiger partial charge in [0.05, 0.1) is 22.7 Å². The van der Waals surface area contributed by atoms with Crippen LogP contribution in [0.2, 0.25) is 0 Å². The number of rotatable bonds is 8. The summed E-state index contributed by atoms with van der Waals surface area (Å²) in [5, 5.41) is 4.50. The van der Waals surface area contributed by atoms with Gasteiger partial charge in [0.2, 0.25) is 0 Å². The molecule has 11 aromatic rings. The SMILES string of the molecule is c1ccc(-c2ccccc2N(c2ccccc2-c2ccccc2)c2cc3c(c4ccccc24)B2c4c(cccc4O3)Oc3cc(N(c4ccccc4)c4ccccc4)c4ccccc4c32)cc1. The largest absolute Gasteiger partial charge is 0.458 e. The molecule has 0 fully saturated rings. The monoisotopic (exact) mass is 856 g/mol. The maximum atomic E-state index is 7.21. The number of benzene rings is 11. The molecule has 2 heterocycles. The van der Waals surface area contributed by atoms with Crippen molar-refractivity contribution in [3.8, 4) is 45.3 Å². The minimum atomic E-state index is -0.194. The normalized spacial score (nSPS) is 12.1. The third kappa shape index (κ3) is 6.39. The van der Waals surface area contributed by atoms with E-state index in [0.29, 0.717) is 0 Å². The van der Waals surface area contributed by atoms with Crippen molar-refractivity contribution in [2.75, 3.05) is 9.80 Å². The van der Waals surface area contributed by atoms with Crippen LogP contribution in [0, 0.1) is 0 Å². The van der Waals surface area contributed by atoms with E-state index in [-0.39, 0.29) is 6.71 Å². The van der Waals surface area contributed by atoms with Crippen LogP contribution in [-0.2, 0) is 0 Å². The van der Waals surface area contributed by atoms with Crippen molar-refractivity contribution in [3.63, 3.8) is 0 Å². The average Bonchev–Trinajstić information content (AvgIpc) is 3.40. The molecule has 0 bridgehead atoms. The van der Waals surface area contributed by atoms with Gasteiger partial charge in [-0.25, -0.2) is 0 Å². The third-order valence-electron chi connectivity index (χ3n) is 13.4. The molecule has 314 valence electrons. The summed E-state index contributed by atoms with van der Waals surface area (Å²) < 4.78 is 14.3. The maximum absolute atomic E-state index is 7.21. The van der Waals surface area contributed by atoms with E-state index in [1.165, 1.54) is 0 Å². The molecule has 0 aliphatic carbocycles. The summed E-state index contributed by atoms with van der Waals surface area (Å²) in [7, 11) is 0. The topological polar surface area (TPSA) is 24.9 Å². The van der Waals surface area contributed by atoms with Crippen molar-refractivity contribution in [2.45, 2.75) is 0 Å². The summed E-state index contributed by atoms with van der Waals surface area (Å²) in [5.41, 5.74) is 14.2. The first-order valence-electron chi connectivity index (χ1n) is 22.9. The Morgan fingerprint density at radius 3 is 1.10 bits per heavy atom. The number of hydrogen-bond acceptors (Lipinski definition) is 4. The van der Waals surface area contributed by atoms with Crippen LogP contribution in [0.1, 0.15) is 0 Å². The van der Waals surface area contributed by atoms with E-state index >= 15 is 0 Å². The Labute approximate surface area is 390 Å². The van der Waals surface area contributed by atoms with Crippen molar-refractivity contribution in [1.29, 1.82) is 0 Å². The predicted molar refractivity (Wildman–Crippen MR) is 279 cm³/mol. The Morgan fingerprint density at radius 1 is 0.269 bits per heavy atom. The third-order valence-corrected chi connectivity index (χ3v) is 13.4. The predicted octanol–water partition coefficient (Wildman–Crippen LogP) is 15.0. The van der Waals surface area contributed by atoms with E-state index in [2.05, 4.69) is 252 Å². The minimum Gasteiger partial charge on any atom is -0.458 e. The quantitative estimate of drug-likeness (QED) is 0.142. The van der Waals surface area contributed by atoms with Crippen molar-refractivity contribution >= 4 is 78.8 Å². The highest BCUT2D eigenvalue weighted by Crippen LogP contribution is 2.50. The summed E-state index contributed by atoms with van der Waals surface area (Å²) >= 11 is 0. The van der Waals surface area contributed by atoms with Crippen LogP contribution in [-0.4, -0.2) is 6.71 Å². The molecule has 11 aromatic carbocycles. The van der Waals surface area contributed by atoms with Gasteiger partial charge in [0.1, 0.15) is 23.0 Å². The first-order chi connectivity index (χ1) is 33.3. The lowest BCUT2D eigenvalue weighted by atomic mass is 9.33. The van der Waals surface area contributed by atoms with Gasteiger partial charge in [0.25, 0.3) is 6.71 Å². The molecule has 0 aromatic heterocycles. The fourth-order valence-electron chi connectivity index (χ4n) is 10.5. The Bertz CT molecular complexity index is 3530. The van der Waals surface area contributed by atoms with Crippen LogP contribution in [0.25, 0.3) is 43.8 Å². The van der Waals surface area contributed by atoms with Crippen LogP contribution in [0.5, 0.6) is 23.0 Å². The summed E-state index contributed by atoms with van der Waals surface area (Å²) in [5.74, 6) is 3.25. The highest BCUT2D eigenvalue weighted by Gasteiger charge is 2.43. The molecular weight excluding hydrogens is 816 g/mol. The number of nitrogens with zero attached hydrogens (tertiary/aromatic N) is 2. The van der Waals surface area contributed by atoms with Crippen molar-refractivity contribution in [3.05, 3.63) is 249 Å². The number of hydrogen-bond donors (Lipinski definition) is 0. The zero-order chi connectivity index (χ0) is 44.3. The minimum absolute atomic E-state index is 0.194. The van der Waals surface area contributed by atoms with E-state index in [9.17, 15) is 0 Å². The smallest absolute Gasteiger partial charge is 0.262 e. The summed E-state index contributed by atoms with van der Waals surface area (Å²) in [6.45, 7) is -0.194. The van der Waals surface area contributed by atoms with Crippen molar-refractivity contribution in [2.24, 2.45) is 0 Å². The summed E-state index contributed by atoms with van der Waals surface area (Å²) in [6, 6.07) is 88.5. The van der Waals surface area contributed by atoms with Crippen molar-refractivity contribution in [1.82, 2.24) is 0 Å². The molecule has 0 spiro atoms. The maximum Gasteiger partial charge on any atom is 0.262 e. The van der Waals surface area contributed by atoms with Crippen molar-refractivity contribution < 1.29 is 9.47 Å². The number of anilines is 6. The molecule has 13 rings (SSSR count). The van der Waals surface area contributed by atoms with Crippen LogP contribution in [0.3, 0.4) is 0 Å². The van der Waals surface area contributed by atoms with E-state index < -0.39 is 0 Å². The molecule has 2 aliphatic rings. The molecule has 0 saturated heterocycles. The van der Waals surface area contributed by atoms with Crippen LogP contribution < -0.4 is 35.7 Å². The summed E-state index contributed by atoms with van der Waals surface area (Å²) in [6.07, 6.45) is 0. The van der Waals surface area contributed by atoms with Crippen LogP contribution in [0.15, 0.2) is 249 Å². The average molecular weight is 857 g/mol. The fraction of sp³-hybridized carbons (Fsp3) is 0. The number of fused-ring (bicyclic) bond motifs is 8. The lowest BCUT2D eigenvalue weighted by Gasteiger charge is -2.37. The molecule has 4 nitrogen and oxygen atoms in total. The molecule has 0 N–H and O–H groups in total. The van der Waals surface area contributed by atoms with Gasteiger partial charge < -0.3 is 19.3 Å². The second-order valence-corrected chi connectivity index (χ2v) is 17.1. The van der Waals surface area contributed by atoms with Crippen LogP contribution in [0.4, 0.5) is 34.1 Å². The second kappa shape index (κ2) is 16.0. The van der Waals surface area contributed by atoms with Gasteiger partial charge in [-0.2, -0.15) is 0 Å². The molecule has 67 heavy (non-hydrogen) atoms. The van der Waals surface area contributed by atoms with Gasteiger partial charge >= 0.3 is 0 Å². The molecule has 0 saturated carbocycles. The highest BCUT2D eigenvalue weighted by molar-refractivity contribution is 7.01. The van der Waals surface area contributed by atoms with Gasteiger partial charge in [0.15, 0.2) is 0 Å². The molecule has 0 amide bonds. The van der Waals surface area contributed by atoms with Gasteiger partial charge in [0, 0.05) is 50.9 Å². The Kier molecular flexibility index (Phi) is 9.24. The molecule has 0 unspecified atom stereocenters. The molecule has 5 heteroatoms. The zero-order valence-electron chi connectivity index (χ0n) is 36.5. The molecular formula is C62H41BN2O2. The molecule has 0 atom stereocenters. The molecule has 2 aliphatic heterocycles.